The topological polar surface area (TPSA) is 94.1 Å². The van der Waals surface area contributed by atoms with Gasteiger partial charge in [-0.2, -0.15) is 0 Å². The average molecular weight is 273 g/mol. The van der Waals surface area contributed by atoms with Crippen LogP contribution in [0.15, 0.2) is 12.3 Å². The van der Waals surface area contributed by atoms with Crippen molar-refractivity contribution in [3.63, 3.8) is 0 Å². The standard InChI is InChI=1S/C11H17ClN4O2/c1-7(2)3-8(5-13)15-11-10(12)4-9(6-14-11)16(17)18/h4,6-8H,3,5,13H2,1-2H3,(H,14,15). The zero-order valence-corrected chi connectivity index (χ0v) is 11.1. The Labute approximate surface area is 111 Å². The van der Waals surface area contributed by atoms with E-state index in [0.29, 0.717) is 18.3 Å². The van der Waals surface area contributed by atoms with Gasteiger partial charge in [0.15, 0.2) is 0 Å². The summed E-state index contributed by atoms with van der Waals surface area (Å²) in [6, 6.07) is 1.33. The third-order valence-corrected chi connectivity index (χ3v) is 2.71. The van der Waals surface area contributed by atoms with Crippen LogP contribution in [0.3, 0.4) is 0 Å². The normalized spacial score (nSPS) is 12.5. The third-order valence-electron chi connectivity index (χ3n) is 2.42. The van der Waals surface area contributed by atoms with E-state index >= 15 is 0 Å². The van der Waals surface area contributed by atoms with E-state index in [0.717, 1.165) is 6.42 Å². The Balaban J connectivity index is 2.80. The highest BCUT2D eigenvalue weighted by Gasteiger charge is 2.14. The molecule has 0 saturated heterocycles. The monoisotopic (exact) mass is 272 g/mol. The highest BCUT2D eigenvalue weighted by Crippen LogP contribution is 2.24. The van der Waals surface area contributed by atoms with Crippen molar-refractivity contribution in [3.8, 4) is 0 Å². The molecule has 0 amide bonds. The van der Waals surface area contributed by atoms with Gasteiger partial charge in [0.1, 0.15) is 12.0 Å². The fourth-order valence-electron chi connectivity index (χ4n) is 1.61. The SMILES string of the molecule is CC(C)CC(CN)Nc1ncc([N+](=O)[O-])cc1Cl. The number of hydrogen-bond donors (Lipinski definition) is 2. The van der Waals surface area contributed by atoms with Crippen molar-refractivity contribution in [2.24, 2.45) is 11.7 Å². The highest BCUT2D eigenvalue weighted by molar-refractivity contribution is 6.33. The quantitative estimate of drug-likeness (QED) is 0.613. The molecule has 0 radical (unpaired) electrons. The molecule has 0 aromatic carbocycles. The number of nitro groups is 1. The van der Waals surface area contributed by atoms with Crippen LogP contribution >= 0.6 is 11.6 Å². The minimum atomic E-state index is -0.531. The summed E-state index contributed by atoms with van der Waals surface area (Å²) in [4.78, 5) is 14.0. The molecule has 0 aliphatic carbocycles. The summed E-state index contributed by atoms with van der Waals surface area (Å²) >= 11 is 5.94. The summed E-state index contributed by atoms with van der Waals surface area (Å²) in [6.07, 6.45) is 2.06. The van der Waals surface area contributed by atoms with Crippen molar-refractivity contribution in [1.29, 1.82) is 0 Å². The second-order valence-corrected chi connectivity index (χ2v) is 4.89. The lowest BCUT2D eigenvalue weighted by atomic mass is 10.0. The summed E-state index contributed by atoms with van der Waals surface area (Å²) in [6.45, 7) is 4.64. The summed E-state index contributed by atoms with van der Waals surface area (Å²) < 4.78 is 0. The van der Waals surface area contributed by atoms with E-state index in [2.05, 4.69) is 24.1 Å². The molecular formula is C11H17ClN4O2. The highest BCUT2D eigenvalue weighted by atomic mass is 35.5. The minimum Gasteiger partial charge on any atom is -0.365 e. The number of nitrogens with zero attached hydrogens (tertiary/aromatic N) is 2. The first-order chi connectivity index (χ1) is 8.43. The van der Waals surface area contributed by atoms with Crippen molar-refractivity contribution in [2.45, 2.75) is 26.3 Å². The molecule has 1 aromatic rings. The van der Waals surface area contributed by atoms with Crippen molar-refractivity contribution >= 4 is 23.1 Å². The Morgan fingerprint density at radius 2 is 2.28 bits per heavy atom. The second-order valence-electron chi connectivity index (χ2n) is 4.49. The van der Waals surface area contributed by atoms with Crippen LogP contribution in [0.25, 0.3) is 0 Å². The van der Waals surface area contributed by atoms with E-state index in [1.807, 2.05) is 0 Å². The molecule has 3 N–H and O–H groups in total. The summed E-state index contributed by atoms with van der Waals surface area (Å²) in [7, 11) is 0. The number of pyridine rings is 1. The van der Waals surface area contributed by atoms with Gasteiger partial charge in [-0.3, -0.25) is 10.1 Å². The zero-order valence-electron chi connectivity index (χ0n) is 10.4. The van der Waals surface area contributed by atoms with Crippen LogP contribution < -0.4 is 11.1 Å². The zero-order chi connectivity index (χ0) is 13.7. The average Bonchev–Trinajstić information content (AvgIpc) is 2.29. The third kappa shape index (κ3) is 4.12. The van der Waals surface area contributed by atoms with E-state index in [-0.39, 0.29) is 16.8 Å². The predicted octanol–water partition coefficient (Wildman–Crippen LogP) is 2.43. The number of nitrogens with one attached hydrogen (secondary N) is 1. The number of aromatic nitrogens is 1. The number of nitrogens with two attached hydrogens (primary N) is 1. The molecule has 7 heteroatoms. The van der Waals surface area contributed by atoms with Crippen LogP contribution in [0.2, 0.25) is 5.02 Å². The number of hydrogen-bond acceptors (Lipinski definition) is 5. The van der Waals surface area contributed by atoms with E-state index in [4.69, 9.17) is 17.3 Å². The molecule has 0 fully saturated rings. The lowest BCUT2D eigenvalue weighted by Crippen LogP contribution is -2.30. The van der Waals surface area contributed by atoms with Crippen molar-refractivity contribution < 1.29 is 4.92 Å². The van der Waals surface area contributed by atoms with Crippen LogP contribution in [0, 0.1) is 16.0 Å². The maximum absolute atomic E-state index is 10.6. The van der Waals surface area contributed by atoms with Gasteiger partial charge < -0.3 is 11.1 Å². The molecule has 1 rings (SSSR count). The minimum absolute atomic E-state index is 0.0523. The Hall–Kier alpha value is -1.40. The van der Waals surface area contributed by atoms with Crippen molar-refractivity contribution in [1.82, 2.24) is 4.98 Å². The first-order valence-electron chi connectivity index (χ1n) is 5.70. The molecule has 0 aliphatic heterocycles. The van der Waals surface area contributed by atoms with Gasteiger partial charge in [-0.1, -0.05) is 25.4 Å². The molecule has 0 saturated carbocycles. The molecule has 1 heterocycles. The van der Waals surface area contributed by atoms with E-state index in [1.54, 1.807) is 0 Å². The number of anilines is 1. The van der Waals surface area contributed by atoms with Gasteiger partial charge in [0, 0.05) is 18.7 Å². The molecule has 1 atom stereocenters. The van der Waals surface area contributed by atoms with Crippen LogP contribution in [-0.2, 0) is 0 Å². The van der Waals surface area contributed by atoms with Crippen LogP contribution in [0.1, 0.15) is 20.3 Å². The number of halogens is 1. The van der Waals surface area contributed by atoms with Gasteiger partial charge >= 0.3 is 0 Å². The fourth-order valence-corrected chi connectivity index (χ4v) is 1.83. The fraction of sp³-hybridized carbons (Fsp3) is 0.545. The van der Waals surface area contributed by atoms with Gasteiger partial charge in [0.2, 0.25) is 0 Å². The van der Waals surface area contributed by atoms with E-state index in [9.17, 15) is 10.1 Å². The maximum atomic E-state index is 10.6. The van der Waals surface area contributed by atoms with Gasteiger partial charge in [0.25, 0.3) is 5.69 Å². The Bertz CT molecular complexity index is 426. The molecule has 6 nitrogen and oxygen atoms in total. The lowest BCUT2D eigenvalue weighted by Gasteiger charge is -2.19. The van der Waals surface area contributed by atoms with Crippen LogP contribution in [-0.4, -0.2) is 22.5 Å². The molecular weight excluding hydrogens is 256 g/mol. The van der Waals surface area contributed by atoms with Crippen LogP contribution in [0.5, 0.6) is 0 Å². The first kappa shape index (κ1) is 14.7. The van der Waals surface area contributed by atoms with Gasteiger partial charge in [-0.05, 0) is 12.3 Å². The molecule has 18 heavy (non-hydrogen) atoms. The molecule has 100 valence electrons. The number of rotatable bonds is 6. The maximum Gasteiger partial charge on any atom is 0.289 e. The van der Waals surface area contributed by atoms with Gasteiger partial charge in [-0.25, -0.2) is 4.98 Å². The van der Waals surface area contributed by atoms with Gasteiger partial charge in [0.05, 0.1) is 9.95 Å². The largest absolute Gasteiger partial charge is 0.365 e. The first-order valence-corrected chi connectivity index (χ1v) is 6.08. The molecule has 0 aliphatic rings. The lowest BCUT2D eigenvalue weighted by molar-refractivity contribution is -0.385. The van der Waals surface area contributed by atoms with E-state index < -0.39 is 4.92 Å². The van der Waals surface area contributed by atoms with Crippen molar-refractivity contribution in [2.75, 3.05) is 11.9 Å². The molecule has 1 aromatic heterocycles. The Kier molecular flexibility index (Phi) is 5.30. The van der Waals surface area contributed by atoms with Crippen molar-refractivity contribution in [3.05, 3.63) is 27.4 Å². The smallest absolute Gasteiger partial charge is 0.289 e. The van der Waals surface area contributed by atoms with Crippen LogP contribution in [0.4, 0.5) is 11.5 Å². The summed E-state index contributed by atoms with van der Waals surface area (Å²) in [5.74, 6) is 0.918. The van der Waals surface area contributed by atoms with E-state index in [1.165, 1.54) is 12.3 Å². The summed E-state index contributed by atoms with van der Waals surface area (Å²) in [5.41, 5.74) is 5.53. The molecule has 1 unspecified atom stereocenters. The van der Waals surface area contributed by atoms with Gasteiger partial charge in [-0.15, -0.1) is 0 Å². The predicted molar refractivity (Wildman–Crippen MR) is 71.8 cm³/mol. The Morgan fingerprint density at radius 1 is 1.61 bits per heavy atom. The Morgan fingerprint density at radius 3 is 2.72 bits per heavy atom. The summed E-state index contributed by atoms with van der Waals surface area (Å²) in [5, 5.41) is 13.9. The second kappa shape index (κ2) is 6.51. The molecule has 0 bridgehead atoms. The molecule has 0 spiro atoms.